The molecule has 152 valence electrons. The quantitative estimate of drug-likeness (QED) is 0.411. The summed E-state index contributed by atoms with van der Waals surface area (Å²) in [5.74, 6) is 2.61. The summed E-state index contributed by atoms with van der Waals surface area (Å²) < 4.78 is 17.2. The van der Waals surface area contributed by atoms with Crippen molar-refractivity contribution < 1.29 is 14.2 Å². The molecule has 0 bridgehead atoms. The van der Waals surface area contributed by atoms with Crippen LogP contribution in [0.4, 0.5) is 5.69 Å². The van der Waals surface area contributed by atoms with Crippen molar-refractivity contribution in [1.29, 1.82) is 0 Å². The molecule has 1 atom stereocenters. The molecule has 0 saturated carbocycles. The molecule has 0 aromatic heterocycles. The van der Waals surface area contributed by atoms with E-state index in [0.717, 1.165) is 35.9 Å². The second-order valence-corrected chi connectivity index (χ2v) is 6.87. The summed E-state index contributed by atoms with van der Waals surface area (Å²) >= 11 is 0. The zero-order chi connectivity index (χ0) is 20.3. The van der Waals surface area contributed by atoms with Crippen molar-refractivity contribution in [3.63, 3.8) is 0 Å². The topological polar surface area (TPSA) is 39.7 Å². The van der Waals surface area contributed by atoms with Gasteiger partial charge in [-0.15, -0.1) is 0 Å². The highest BCUT2D eigenvalue weighted by Gasteiger charge is 2.02. The number of hydrogen-bond acceptors (Lipinski definition) is 4. The van der Waals surface area contributed by atoms with Gasteiger partial charge in [-0.25, -0.2) is 0 Å². The van der Waals surface area contributed by atoms with E-state index in [4.69, 9.17) is 14.2 Å². The van der Waals surface area contributed by atoms with Gasteiger partial charge in [-0.3, -0.25) is 0 Å². The molecule has 3 aromatic carbocycles. The fraction of sp³-hybridized carbons (Fsp3) is 0.280. The van der Waals surface area contributed by atoms with Crippen LogP contribution in [0, 0.1) is 0 Å². The first-order valence-corrected chi connectivity index (χ1v) is 10.1. The van der Waals surface area contributed by atoms with Crippen LogP contribution in [-0.2, 0) is 6.54 Å². The second-order valence-electron chi connectivity index (χ2n) is 6.87. The van der Waals surface area contributed by atoms with Crippen LogP contribution in [0.3, 0.4) is 0 Å². The minimum absolute atomic E-state index is 0.240. The van der Waals surface area contributed by atoms with Crippen molar-refractivity contribution in [3.8, 4) is 17.2 Å². The average molecular weight is 392 g/mol. The van der Waals surface area contributed by atoms with Crippen LogP contribution >= 0.6 is 0 Å². The molecule has 0 amide bonds. The van der Waals surface area contributed by atoms with E-state index >= 15 is 0 Å². The Balaban J connectivity index is 1.38. The fourth-order valence-electron chi connectivity index (χ4n) is 2.71. The van der Waals surface area contributed by atoms with Crippen LogP contribution in [0.25, 0.3) is 0 Å². The van der Waals surface area contributed by atoms with Gasteiger partial charge in [0.15, 0.2) is 0 Å². The maximum Gasteiger partial charge on any atom is 0.122 e. The molecule has 0 fully saturated rings. The highest BCUT2D eigenvalue weighted by molar-refractivity contribution is 5.47. The van der Waals surface area contributed by atoms with Crippen molar-refractivity contribution in [1.82, 2.24) is 0 Å². The van der Waals surface area contributed by atoms with E-state index < -0.39 is 0 Å². The first kappa shape index (κ1) is 20.6. The number of hydrogen-bond donors (Lipinski definition) is 1. The molecule has 4 heteroatoms. The number of nitrogens with one attached hydrogen (secondary N) is 1. The van der Waals surface area contributed by atoms with E-state index in [9.17, 15) is 0 Å². The summed E-state index contributed by atoms with van der Waals surface area (Å²) in [6.45, 7) is 5.99. The molecule has 0 aliphatic carbocycles. The van der Waals surface area contributed by atoms with Crippen molar-refractivity contribution in [2.24, 2.45) is 0 Å². The van der Waals surface area contributed by atoms with E-state index in [-0.39, 0.29) is 6.10 Å². The van der Waals surface area contributed by atoms with Crippen LogP contribution in [0.1, 0.15) is 25.8 Å². The first-order chi connectivity index (χ1) is 14.2. The number of benzene rings is 3. The molecule has 3 aromatic rings. The highest BCUT2D eigenvalue weighted by atomic mass is 16.5. The molecular weight excluding hydrogens is 362 g/mol. The number of para-hydroxylation sites is 1. The van der Waals surface area contributed by atoms with Crippen molar-refractivity contribution in [2.75, 3.05) is 18.5 Å². The molecule has 29 heavy (non-hydrogen) atoms. The van der Waals surface area contributed by atoms with Crippen molar-refractivity contribution in [3.05, 3.63) is 84.4 Å². The monoisotopic (exact) mass is 391 g/mol. The van der Waals surface area contributed by atoms with Crippen molar-refractivity contribution >= 4 is 5.69 Å². The molecule has 1 N–H and O–H groups in total. The van der Waals surface area contributed by atoms with Gasteiger partial charge in [0.2, 0.25) is 0 Å². The maximum atomic E-state index is 5.82. The summed E-state index contributed by atoms with van der Waals surface area (Å²) in [7, 11) is 0. The Kier molecular flexibility index (Phi) is 7.81. The van der Waals surface area contributed by atoms with Crippen LogP contribution in [0.5, 0.6) is 17.2 Å². The molecule has 0 aliphatic rings. The number of anilines is 1. The van der Waals surface area contributed by atoms with Gasteiger partial charge >= 0.3 is 0 Å². The van der Waals surface area contributed by atoms with Gasteiger partial charge in [0.05, 0.1) is 6.10 Å². The van der Waals surface area contributed by atoms with Gasteiger partial charge < -0.3 is 19.5 Å². The lowest BCUT2D eigenvalue weighted by Crippen LogP contribution is -2.09. The van der Waals surface area contributed by atoms with Gasteiger partial charge in [-0.2, -0.15) is 0 Å². The Bertz CT molecular complexity index is 832. The summed E-state index contributed by atoms with van der Waals surface area (Å²) in [6, 6.07) is 26.0. The SMILES string of the molecule is CC[C@H](C)Oc1ccc(CNc2ccc(OCCOc3ccccc3)cc2)cc1. The van der Waals surface area contributed by atoms with E-state index in [1.54, 1.807) is 0 Å². The molecule has 3 rings (SSSR count). The lowest BCUT2D eigenvalue weighted by molar-refractivity contribution is 0.217. The summed E-state index contributed by atoms with van der Waals surface area (Å²) in [5, 5.41) is 3.43. The van der Waals surface area contributed by atoms with E-state index in [2.05, 4.69) is 31.3 Å². The van der Waals surface area contributed by atoms with Gasteiger partial charge in [-0.05, 0) is 67.4 Å². The highest BCUT2D eigenvalue weighted by Crippen LogP contribution is 2.18. The Morgan fingerprint density at radius 1 is 0.724 bits per heavy atom. The molecule has 4 nitrogen and oxygen atoms in total. The molecule has 0 radical (unpaired) electrons. The van der Waals surface area contributed by atoms with E-state index in [1.165, 1.54) is 5.56 Å². The van der Waals surface area contributed by atoms with Crippen LogP contribution < -0.4 is 19.5 Å². The van der Waals surface area contributed by atoms with Gasteiger partial charge in [0, 0.05) is 12.2 Å². The molecule has 0 spiro atoms. The summed E-state index contributed by atoms with van der Waals surface area (Å²) in [6.07, 6.45) is 1.24. The Morgan fingerprint density at radius 2 is 1.31 bits per heavy atom. The Labute approximate surface area is 173 Å². The summed E-state index contributed by atoms with van der Waals surface area (Å²) in [4.78, 5) is 0. The molecule has 0 heterocycles. The Hall–Kier alpha value is -3.14. The molecular formula is C25H29NO3. The predicted molar refractivity (Wildman–Crippen MR) is 118 cm³/mol. The van der Waals surface area contributed by atoms with Gasteiger partial charge in [-0.1, -0.05) is 37.3 Å². The van der Waals surface area contributed by atoms with Gasteiger partial charge in [0.25, 0.3) is 0 Å². The maximum absolute atomic E-state index is 5.82. The first-order valence-electron chi connectivity index (χ1n) is 10.1. The lowest BCUT2D eigenvalue weighted by Gasteiger charge is -2.13. The van der Waals surface area contributed by atoms with Crippen molar-refractivity contribution in [2.45, 2.75) is 32.9 Å². The third kappa shape index (κ3) is 7.07. The molecule has 0 unspecified atom stereocenters. The third-order valence-electron chi connectivity index (χ3n) is 4.55. The largest absolute Gasteiger partial charge is 0.491 e. The predicted octanol–water partition coefficient (Wildman–Crippen LogP) is 5.93. The van der Waals surface area contributed by atoms with Crippen LogP contribution in [-0.4, -0.2) is 19.3 Å². The number of ether oxygens (including phenoxy) is 3. The Morgan fingerprint density at radius 3 is 1.93 bits per heavy atom. The minimum Gasteiger partial charge on any atom is -0.491 e. The lowest BCUT2D eigenvalue weighted by atomic mass is 10.2. The van der Waals surface area contributed by atoms with Crippen LogP contribution in [0.2, 0.25) is 0 Å². The average Bonchev–Trinajstić information content (AvgIpc) is 2.77. The normalized spacial score (nSPS) is 11.5. The minimum atomic E-state index is 0.240. The smallest absolute Gasteiger partial charge is 0.122 e. The second kappa shape index (κ2) is 11.0. The summed E-state index contributed by atoms with van der Waals surface area (Å²) in [5.41, 5.74) is 2.26. The van der Waals surface area contributed by atoms with Crippen LogP contribution in [0.15, 0.2) is 78.9 Å². The fourth-order valence-corrected chi connectivity index (χ4v) is 2.71. The molecule has 0 aliphatic heterocycles. The van der Waals surface area contributed by atoms with E-state index in [0.29, 0.717) is 13.2 Å². The standard InChI is InChI=1S/C25H29NO3/c1-3-20(2)29-25-13-9-21(10-14-25)19-26-22-11-15-24(16-12-22)28-18-17-27-23-7-5-4-6-8-23/h4-16,20,26H,3,17-19H2,1-2H3/t20-/m0/s1. The molecule has 0 saturated heterocycles. The van der Waals surface area contributed by atoms with Gasteiger partial charge in [0.1, 0.15) is 30.5 Å². The van der Waals surface area contributed by atoms with E-state index in [1.807, 2.05) is 66.7 Å². The zero-order valence-electron chi connectivity index (χ0n) is 17.1. The third-order valence-corrected chi connectivity index (χ3v) is 4.55. The number of rotatable bonds is 11. The zero-order valence-corrected chi connectivity index (χ0v) is 17.1.